The van der Waals surface area contributed by atoms with Crippen molar-refractivity contribution in [2.75, 3.05) is 6.26 Å². The minimum atomic E-state index is 0.775. The lowest BCUT2D eigenvalue weighted by molar-refractivity contribution is 0.982. The van der Waals surface area contributed by atoms with Crippen LogP contribution >= 0.6 is 11.8 Å². The Balaban J connectivity index is 1.48. The lowest BCUT2D eigenvalue weighted by atomic mass is 10.0. The molecule has 5 rings (SSSR count). The number of aromatic nitrogens is 2. The van der Waals surface area contributed by atoms with E-state index >= 15 is 0 Å². The van der Waals surface area contributed by atoms with Crippen molar-refractivity contribution in [2.24, 2.45) is 0 Å². The molecule has 154 valence electrons. The Bertz CT molecular complexity index is 1210. The fourth-order valence-corrected chi connectivity index (χ4v) is 4.12. The molecule has 0 aliphatic heterocycles. The van der Waals surface area contributed by atoms with Crippen molar-refractivity contribution in [2.45, 2.75) is 5.16 Å². The molecule has 0 bridgehead atoms. The zero-order valence-electron chi connectivity index (χ0n) is 17.8. The predicted molar refractivity (Wildman–Crippen MR) is 136 cm³/mol. The Hall–Kier alpha value is -3.69. The number of hydrogen-bond donors (Lipinski definition) is 0. The van der Waals surface area contributed by atoms with Gasteiger partial charge in [0.15, 0.2) is 5.16 Å². The molecule has 0 N–H and O–H groups in total. The highest BCUT2D eigenvalue weighted by Crippen LogP contribution is 2.29. The minimum absolute atomic E-state index is 0.775. The molecule has 0 atom stereocenters. The van der Waals surface area contributed by atoms with Crippen LogP contribution in [-0.2, 0) is 0 Å². The number of rotatable bonds is 5. The van der Waals surface area contributed by atoms with Crippen molar-refractivity contribution in [3.63, 3.8) is 0 Å². The Labute approximate surface area is 193 Å². The van der Waals surface area contributed by atoms with Crippen LogP contribution in [0.2, 0.25) is 0 Å². The summed E-state index contributed by atoms with van der Waals surface area (Å²) in [6.07, 6.45) is 2.01. The molecule has 0 radical (unpaired) electrons. The van der Waals surface area contributed by atoms with Crippen LogP contribution in [0.4, 0.5) is 0 Å². The van der Waals surface area contributed by atoms with E-state index in [1.807, 2.05) is 18.4 Å². The molecule has 0 aliphatic rings. The lowest BCUT2D eigenvalue weighted by Gasteiger charge is -2.09. The third-order valence-corrected chi connectivity index (χ3v) is 6.01. The molecule has 0 saturated heterocycles. The zero-order valence-corrected chi connectivity index (χ0v) is 18.6. The zero-order chi connectivity index (χ0) is 21.8. The van der Waals surface area contributed by atoms with Gasteiger partial charge in [0.25, 0.3) is 0 Å². The van der Waals surface area contributed by atoms with Gasteiger partial charge in [-0.25, -0.2) is 9.97 Å². The molecule has 1 heterocycles. The molecule has 0 unspecified atom stereocenters. The Morgan fingerprint density at radius 1 is 0.438 bits per heavy atom. The van der Waals surface area contributed by atoms with Crippen molar-refractivity contribution in [1.82, 2.24) is 9.97 Å². The fraction of sp³-hybridized carbons (Fsp3) is 0.0345. The summed E-state index contributed by atoms with van der Waals surface area (Å²) in [5, 5.41) is 0.775. The Morgan fingerprint density at radius 2 is 0.781 bits per heavy atom. The summed E-state index contributed by atoms with van der Waals surface area (Å²) >= 11 is 1.56. The highest BCUT2D eigenvalue weighted by atomic mass is 32.2. The van der Waals surface area contributed by atoms with Crippen LogP contribution in [0.1, 0.15) is 0 Å². The summed E-state index contributed by atoms with van der Waals surface area (Å²) in [7, 11) is 0. The second kappa shape index (κ2) is 9.21. The summed E-state index contributed by atoms with van der Waals surface area (Å²) in [6, 6.07) is 40.1. The first-order valence-electron chi connectivity index (χ1n) is 10.5. The van der Waals surface area contributed by atoms with Gasteiger partial charge in [-0.05, 0) is 34.6 Å². The maximum Gasteiger partial charge on any atom is 0.188 e. The number of nitrogens with zero attached hydrogens (tertiary/aromatic N) is 2. The largest absolute Gasteiger partial charge is 0.222 e. The second-order valence-electron chi connectivity index (χ2n) is 7.51. The van der Waals surface area contributed by atoms with Crippen LogP contribution in [0.5, 0.6) is 0 Å². The molecule has 0 aliphatic carbocycles. The molecular formula is C29H22N2S. The van der Waals surface area contributed by atoms with E-state index in [-0.39, 0.29) is 0 Å². The highest BCUT2D eigenvalue weighted by molar-refractivity contribution is 7.98. The molecule has 0 fully saturated rings. The average Bonchev–Trinajstić information content (AvgIpc) is 2.89. The van der Waals surface area contributed by atoms with Crippen LogP contribution in [0.25, 0.3) is 44.8 Å². The van der Waals surface area contributed by atoms with E-state index in [1.165, 1.54) is 22.3 Å². The van der Waals surface area contributed by atoms with Crippen LogP contribution in [0.15, 0.2) is 120 Å². The van der Waals surface area contributed by atoms with Gasteiger partial charge in [0.1, 0.15) is 0 Å². The van der Waals surface area contributed by atoms with E-state index in [0.717, 1.165) is 27.7 Å². The maximum atomic E-state index is 4.77. The quantitative estimate of drug-likeness (QED) is 0.210. The van der Waals surface area contributed by atoms with E-state index in [4.69, 9.17) is 9.97 Å². The van der Waals surface area contributed by atoms with Gasteiger partial charge < -0.3 is 0 Å². The van der Waals surface area contributed by atoms with Crippen LogP contribution < -0.4 is 0 Å². The van der Waals surface area contributed by atoms with E-state index in [1.54, 1.807) is 11.8 Å². The van der Waals surface area contributed by atoms with Crippen molar-refractivity contribution in [3.8, 4) is 44.8 Å². The molecule has 4 aromatic carbocycles. The van der Waals surface area contributed by atoms with Gasteiger partial charge in [-0.3, -0.25) is 0 Å². The van der Waals surface area contributed by atoms with Crippen molar-refractivity contribution in [1.29, 1.82) is 0 Å². The Morgan fingerprint density at radius 3 is 1.16 bits per heavy atom. The summed E-state index contributed by atoms with van der Waals surface area (Å²) < 4.78 is 0. The van der Waals surface area contributed by atoms with Gasteiger partial charge in [0.05, 0.1) is 11.4 Å². The van der Waals surface area contributed by atoms with E-state index in [0.29, 0.717) is 0 Å². The second-order valence-corrected chi connectivity index (χ2v) is 8.29. The monoisotopic (exact) mass is 430 g/mol. The molecule has 0 amide bonds. The predicted octanol–water partition coefficient (Wildman–Crippen LogP) is 7.87. The van der Waals surface area contributed by atoms with Crippen molar-refractivity contribution >= 4 is 11.8 Å². The molecule has 0 saturated carbocycles. The van der Waals surface area contributed by atoms with E-state index < -0.39 is 0 Å². The molecule has 5 aromatic rings. The van der Waals surface area contributed by atoms with E-state index in [2.05, 4.69) is 103 Å². The highest BCUT2D eigenvalue weighted by Gasteiger charge is 2.09. The van der Waals surface area contributed by atoms with Crippen LogP contribution in [0, 0.1) is 0 Å². The molecule has 32 heavy (non-hydrogen) atoms. The maximum absolute atomic E-state index is 4.77. The van der Waals surface area contributed by atoms with Crippen molar-refractivity contribution < 1.29 is 0 Å². The van der Waals surface area contributed by atoms with Gasteiger partial charge in [-0.1, -0.05) is 121 Å². The molecule has 0 spiro atoms. The summed E-state index contributed by atoms with van der Waals surface area (Å²) in [5.41, 5.74) is 8.87. The normalized spacial score (nSPS) is 10.8. The number of hydrogen-bond acceptors (Lipinski definition) is 3. The Kier molecular flexibility index (Phi) is 5.82. The van der Waals surface area contributed by atoms with Gasteiger partial charge in [-0.2, -0.15) is 0 Å². The smallest absolute Gasteiger partial charge is 0.188 e. The summed E-state index contributed by atoms with van der Waals surface area (Å²) in [6.45, 7) is 0. The lowest BCUT2D eigenvalue weighted by Crippen LogP contribution is -1.94. The third kappa shape index (κ3) is 4.34. The van der Waals surface area contributed by atoms with Gasteiger partial charge in [0.2, 0.25) is 0 Å². The minimum Gasteiger partial charge on any atom is -0.222 e. The first-order chi connectivity index (χ1) is 15.8. The van der Waals surface area contributed by atoms with Gasteiger partial charge in [-0.15, -0.1) is 0 Å². The topological polar surface area (TPSA) is 25.8 Å². The number of thioether (sulfide) groups is 1. The van der Waals surface area contributed by atoms with E-state index in [9.17, 15) is 0 Å². The molecule has 1 aromatic heterocycles. The van der Waals surface area contributed by atoms with Crippen molar-refractivity contribution in [3.05, 3.63) is 115 Å². The molecular weight excluding hydrogens is 408 g/mol. The van der Waals surface area contributed by atoms with Crippen LogP contribution in [0.3, 0.4) is 0 Å². The molecule has 3 heteroatoms. The number of benzene rings is 4. The third-order valence-electron chi connectivity index (χ3n) is 5.46. The van der Waals surface area contributed by atoms with Gasteiger partial charge >= 0.3 is 0 Å². The fourth-order valence-electron chi connectivity index (χ4n) is 3.74. The summed E-state index contributed by atoms with van der Waals surface area (Å²) in [4.78, 5) is 9.53. The first-order valence-corrected chi connectivity index (χ1v) is 11.8. The standard InChI is InChI=1S/C29H22N2S/c1-32-29-30-27(25-16-12-23(13-17-25)21-8-4-2-5-9-21)20-28(31-29)26-18-14-24(15-19-26)22-10-6-3-7-11-22/h2-20H,1H3. The molecule has 2 nitrogen and oxygen atoms in total. The average molecular weight is 431 g/mol. The first kappa shape index (κ1) is 20.2. The SMILES string of the molecule is CSc1nc(-c2ccc(-c3ccccc3)cc2)cc(-c2ccc(-c3ccccc3)cc2)n1. The summed E-state index contributed by atoms with van der Waals surface area (Å²) in [5.74, 6) is 0. The van der Waals surface area contributed by atoms with Gasteiger partial charge in [0, 0.05) is 11.1 Å². The van der Waals surface area contributed by atoms with Crippen LogP contribution in [-0.4, -0.2) is 16.2 Å².